The third kappa shape index (κ3) is 4.07. The average molecular weight is 308 g/mol. The van der Waals surface area contributed by atoms with Crippen molar-refractivity contribution in [3.8, 4) is 0 Å². The topological polar surface area (TPSA) is 32.3 Å². The maximum absolute atomic E-state index is 12.7. The van der Waals surface area contributed by atoms with Gasteiger partial charge >= 0.3 is 0 Å². The first-order valence-electron chi connectivity index (χ1n) is 7.96. The summed E-state index contributed by atoms with van der Waals surface area (Å²) in [5.74, 6) is 1.40. The second kappa shape index (κ2) is 6.93. The summed E-state index contributed by atoms with van der Waals surface area (Å²) in [6.45, 7) is 11.7. The van der Waals surface area contributed by atoms with Gasteiger partial charge in [-0.1, -0.05) is 27.7 Å². The number of nitrogens with zero attached hydrogens (tertiary/aromatic N) is 1. The number of carbonyl (C=O) groups excluding carboxylic acids is 1. The Morgan fingerprint density at radius 1 is 1.19 bits per heavy atom. The van der Waals surface area contributed by atoms with Crippen molar-refractivity contribution in [1.82, 2.24) is 10.2 Å². The van der Waals surface area contributed by atoms with E-state index < -0.39 is 0 Å². The van der Waals surface area contributed by atoms with Crippen LogP contribution in [0.3, 0.4) is 0 Å². The molecule has 2 rings (SSSR count). The molecule has 1 aromatic heterocycles. The van der Waals surface area contributed by atoms with Crippen molar-refractivity contribution in [3.63, 3.8) is 0 Å². The average Bonchev–Trinajstić information content (AvgIpc) is 2.88. The molecule has 0 aromatic carbocycles. The highest BCUT2D eigenvalue weighted by atomic mass is 32.1. The molecule has 0 bridgehead atoms. The van der Waals surface area contributed by atoms with Gasteiger partial charge in [-0.3, -0.25) is 10.1 Å². The van der Waals surface area contributed by atoms with Crippen molar-refractivity contribution < 1.29 is 4.79 Å². The highest BCUT2D eigenvalue weighted by molar-refractivity contribution is 7.08. The Morgan fingerprint density at radius 3 is 2.38 bits per heavy atom. The minimum Gasteiger partial charge on any atom is -0.321 e. The summed E-state index contributed by atoms with van der Waals surface area (Å²) in [6.07, 6.45) is 2.12. The lowest BCUT2D eigenvalue weighted by Crippen LogP contribution is -2.38. The number of aryl methyl sites for hydroxylation is 1. The zero-order chi connectivity index (χ0) is 15.6. The highest BCUT2D eigenvalue weighted by Gasteiger charge is 2.39. The molecule has 1 aliphatic heterocycles. The molecule has 2 atom stereocenters. The molecule has 1 amide bonds. The molecule has 1 aromatic rings. The first-order chi connectivity index (χ1) is 9.88. The Labute approximate surface area is 132 Å². The van der Waals surface area contributed by atoms with Crippen molar-refractivity contribution in [3.05, 3.63) is 21.9 Å². The van der Waals surface area contributed by atoms with Crippen LogP contribution in [0, 0.1) is 18.8 Å². The lowest BCUT2D eigenvalue weighted by molar-refractivity contribution is -0.131. The molecule has 0 aliphatic carbocycles. The maximum Gasteiger partial charge on any atom is 0.241 e. The van der Waals surface area contributed by atoms with Crippen LogP contribution in [0.1, 0.15) is 51.7 Å². The summed E-state index contributed by atoms with van der Waals surface area (Å²) in [4.78, 5) is 14.8. The Hall–Kier alpha value is -0.870. The molecular formula is C17H28N2OS. The second-order valence-electron chi connectivity index (χ2n) is 7.04. The van der Waals surface area contributed by atoms with Gasteiger partial charge in [0, 0.05) is 6.54 Å². The van der Waals surface area contributed by atoms with Crippen molar-refractivity contribution in [2.75, 3.05) is 0 Å². The SMILES string of the molecule is Cc1cscc1CN1C(=O)C(CC(C)C)NC1CC(C)C. The van der Waals surface area contributed by atoms with Crippen molar-refractivity contribution >= 4 is 17.2 Å². The van der Waals surface area contributed by atoms with E-state index in [1.54, 1.807) is 11.3 Å². The van der Waals surface area contributed by atoms with Crippen LogP contribution in [0.25, 0.3) is 0 Å². The molecule has 2 heterocycles. The predicted molar refractivity (Wildman–Crippen MR) is 89.2 cm³/mol. The Bertz CT molecular complexity index is 481. The molecule has 0 saturated carbocycles. The molecule has 0 radical (unpaired) electrons. The third-order valence-electron chi connectivity index (χ3n) is 4.06. The van der Waals surface area contributed by atoms with E-state index in [1.807, 2.05) is 0 Å². The van der Waals surface area contributed by atoms with Gasteiger partial charge < -0.3 is 4.90 Å². The quantitative estimate of drug-likeness (QED) is 0.867. The largest absolute Gasteiger partial charge is 0.321 e. The normalized spacial score (nSPS) is 22.8. The van der Waals surface area contributed by atoms with Gasteiger partial charge in [0.1, 0.15) is 0 Å². The highest BCUT2D eigenvalue weighted by Crippen LogP contribution is 2.25. The van der Waals surface area contributed by atoms with E-state index in [-0.39, 0.29) is 18.1 Å². The van der Waals surface area contributed by atoms with E-state index in [4.69, 9.17) is 0 Å². The van der Waals surface area contributed by atoms with E-state index in [9.17, 15) is 4.79 Å². The van der Waals surface area contributed by atoms with Gasteiger partial charge in [-0.15, -0.1) is 0 Å². The molecule has 1 saturated heterocycles. The number of hydrogen-bond donors (Lipinski definition) is 1. The van der Waals surface area contributed by atoms with Crippen molar-refractivity contribution in [2.24, 2.45) is 11.8 Å². The zero-order valence-corrected chi connectivity index (χ0v) is 14.7. The van der Waals surface area contributed by atoms with Gasteiger partial charge in [-0.25, -0.2) is 0 Å². The predicted octanol–water partition coefficient (Wildman–Crippen LogP) is 3.78. The standard InChI is InChI=1S/C17H28N2OS/c1-11(2)6-15-17(20)19(16(18-15)7-12(3)4)8-14-10-21-9-13(14)5/h9-12,15-16,18H,6-8H2,1-5H3. The molecule has 0 spiro atoms. The third-order valence-corrected chi connectivity index (χ3v) is 4.97. The van der Waals surface area contributed by atoms with Crippen LogP contribution in [0.4, 0.5) is 0 Å². The van der Waals surface area contributed by atoms with E-state index in [2.05, 4.69) is 55.6 Å². The molecule has 118 valence electrons. The summed E-state index contributed by atoms with van der Waals surface area (Å²) >= 11 is 1.72. The van der Waals surface area contributed by atoms with Gasteiger partial charge in [0.25, 0.3) is 0 Å². The van der Waals surface area contributed by atoms with E-state index >= 15 is 0 Å². The van der Waals surface area contributed by atoms with Crippen LogP contribution in [0.2, 0.25) is 0 Å². The fraction of sp³-hybridized carbons (Fsp3) is 0.706. The fourth-order valence-corrected chi connectivity index (χ4v) is 3.80. The number of rotatable bonds is 6. The smallest absolute Gasteiger partial charge is 0.241 e. The van der Waals surface area contributed by atoms with Crippen LogP contribution in [-0.4, -0.2) is 23.0 Å². The van der Waals surface area contributed by atoms with Crippen LogP contribution in [0.15, 0.2) is 10.8 Å². The van der Waals surface area contributed by atoms with Crippen molar-refractivity contribution in [2.45, 2.75) is 66.2 Å². The second-order valence-corrected chi connectivity index (χ2v) is 7.78. The number of hydrogen-bond acceptors (Lipinski definition) is 3. The Balaban J connectivity index is 2.13. The van der Waals surface area contributed by atoms with E-state index in [0.717, 1.165) is 19.4 Å². The molecule has 1 fully saturated rings. The number of nitrogens with one attached hydrogen (secondary N) is 1. The van der Waals surface area contributed by atoms with Crippen molar-refractivity contribution in [1.29, 1.82) is 0 Å². The van der Waals surface area contributed by atoms with E-state index in [1.165, 1.54) is 11.1 Å². The minimum absolute atomic E-state index is 0.00677. The molecular weight excluding hydrogens is 280 g/mol. The molecule has 3 nitrogen and oxygen atoms in total. The van der Waals surface area contributed by atoms with Crippen LogP contribution in [-0.2, 0) is 11.3 Å². The Kier molecular flexibility index (Phi) is 5.44. The zero-order valence-electron chi connectivity index (χ0n) is 13.8. The van der Waals surface area contributed by atoms with Gasteiger partial charge in [-0.05, 0) is 53.5 Å². The first kappa shape index (κ1) is 16.5. The molecule has 4 heteroatoms. The number of carbonyl (C=O) groups is 1. The lowest BCUT2D eigenvalue weighted by Gasteiger charge is -2.25. The molecule has 21 heavy (non-hydrogen) atoms. The summed E-state index contributed by atoms with van der Waals surface area (Å²) in [5, 5.41) is 7.90. The number of thiophene rings is 1. The first-order valence-corrected chi connectivity index (χ1v) is 8.91. The fourth-order valence-electron chi connectivity index (χ4n) is 2.95. The lowest BCUT2D eigenvalue weighted by atomic mass is 10.0. The minimum atomic E-state index is -0.00677. The molecule has 1 N–H and O–H groups in total. The van der Waals surface area contributed by atoms with Crippen LogP contribution in [0.5, 0.6) is 0 Å². The number of amides is 1. The Morgan fingerprint density at radius 2 is 1.86 bits per heavy atom. The maximum atomic E-state index is 12.7. The summed E-state index contributed by atoms with van der Waals surface area (Å²) < 4.78 is 0. The summed E-state index contributed by atoms with van der Waals surface area (Å²) in [7, 11) is 0. The monoisotopic (exact) mass is 308 g/mol. The summed E-state index contributed by atoms with van der Waals surface area (Å²) in [6, 6.07) is -0.00677. The molecule has 2 unspecified atom stereocenters. The van der Waals surface area contributed by atoms with Gasteiger partial charge in [-0.2, -0.15) is 11.3 Å². The van der Waals surface area contributed by atoms with Crippen LogP contribution >= 0.6 is 11.3 Å². The summed E-state index contributed by atoms with van der Waals surface area (Å²) in [5.41, 5.74) is 2.58. The van der Waals surface area contributed by atoms with Gasteiger partial charge in [0.05, 0.1) is 12.2 Å². The van der Waals surface area contributed by atoms with E-state index in [0.29, 0.717) is 11.8 Å². The van der Waals surface area contributed by atoms with Gasteiger partial charge in [0.15, 0.2) is 0 Å². The van der Waals surface area contributed by atoms with Gasteiger partial charge in [0.2, 0.25) is 5.91 Å². The molecule has 1 aliphatic rings. The van der Waals surface area contributed by atoms with Crippen LogP contribution < -0.4 is 5.32 Å².